The van der Waals surface area contributed by atoms with Gasteiger partial charge in [0.15, 0.2) is 0 Å². The normalized spacial score (nSPS) is 16.2. The Morgan fingerprint density at radius 2 is 1.42 bits per heavy atom. The molecule has 4 N–H and O–H groups in total. The summed E-state index contributed by atoms with van der Waals surface area (Å²) in [5, 5.41) is 11.5. The van der Waals surface area contributed by atoms with Crippen molar-refractivity contribution >= 4 is 23.8 Å². The summed E-state index contributed by atoms with van der Waals surface area (Å²) in [6.07, 6.45) is 8.12. The number of unbranched alkanes of at least 4 members (excludes halogenated alkanes) is 1. The maximum absolute atomic E-state index is 13.6. The van der Waals surface area contributed by atoms with Crippen LogP contribution < -0.4 is 21.3 Å². The molecule has 0 aromatic heterocycles. The second-order valence-corrected chi connectivity index (χ2v) is 14.2. The first-order valence-corrected chi connectivity index (χ1v) is 16.7. The van der Waals surface area contributed by atoms with E-state index in [1.807, 2.05) is 51.1 Å². The zero-order valence-corrected chi connectivity index (χ0v) is 28.6. The quantitative estimate of drug-likeness (QED) is 0.182. The van der Waals surface area contributed by atoms with E-state index in [1.165, 1.54) is 32.1 Å². The molecule has 1 aliphatic carbocycles. The van der Waals surface area contributed by atoms with Crippen LogP contribution in [0.3, 0.4) is 0 Å². The Hall–Kier alpha value is -3.14. The van der Waals surface area contributed by atoms with Gasteiger partial charge >= 0.3 is 6.09 Å². The van der Waals surface area contributed by atoms with Gasteiger partial charge in [-0.25, -0.2) is 4.79 Å². The summed E-state index contributed by atoms with van der Waals surface area (Å²) < 4.78 is 11.2. The fourth-order valence-electron chi connectivity index (χ4n) is 5.22. The molecular weight excluding hydrogens is 572 g/mol. The fraction of sp³-hybridized carbons (Fsp3) is 0.714. The Morgan fingerprint density at radius 1 is 0.778 bits per heavy atom. The van der Waals surface area contributed by atoms with Crippen LogP contribution in [0.2, 0.25) is 0 Å². The number of carbonyl (C=O) groups is 4. The number of rotatable bonds is 16. The van der Waals surface area contributed by atoms with Gasteiger partial charge in [-0.1, -0.05) is 62.4 Å². The molecule has 0 unspecified atom stereocenters. The Kier molecular flexibility index (Phi) is 15.8. The SMILES string of the molecule is C[C@H](C(=O)N[C@@H](COC(C)(C)C)C(=O)N[C@@H](CCCCNC(=O)OC(C)(C)C)C(=O)NCCC1CCCCC1)c1ccccc1. The molecule has 1 aliphatic rings. The van der Waals surface area contributed by atoms with E-state index in [1.54, 1.807) is 27.7 Å². The minimum atomic E-state index is -0.991. The first-order valence-electron chi connectivity index (χ1n) is 16.7. The van der Waals surface area contributed by atoms with Crippen LogP contribution in [-0.2, 0) is 23.9 Å². The van der Waals surface area contributed by atoms with Crippen LogP contribution in [0.4, 0.5) is 4.79 Å². The molecule has 0 bridgehead atoms. The largest absolute Gasteiger partial charge is 0.444 e. The second-order valence-electron chi connectivity index (χ2n) is 14.2. The summed E-state index contributed by atoms with van der Waals surface area (Å²) in [6.45, 7) is 13.7. The van der Waals surface area contributed by atoms with E-state index in [-0.39, 0.29) is 18.4 Å². The number of hydrogen-bond acceptors (Lipinski definition) is 6. The van der Waals surface area contributed by atoms with E-state index in [0.29, 0.717) is 38.3 Å². The lowest BCUT2D eigenvalue weighted by atomic mass is 9.87. The van der Waals surface area contributed by atoms with Crippen molar-refractivity contribution in [3.8, 4) is 0 Å². The standard InChI is InChI=1S/C35H58N4O6/c1-25(27-18-12-9-13-19-27)30(40)39-29(24-44-34(2,3)4)32(42)38-28(20-14-15-22-37-33(43)45-35(5,6)7)31(41)36-23-21-26-16-10-8-11-17-26/h9,12-13,18-19,25-26,28-29H,8,10-11,14-17,20-24H2,1-7H3,(H,36,41)(H,37,43)(H,38,42)(H,39,40)/t25-,28-,29-/m0/s1. The van der Waals surface area contributed by atoms with Gasteiger partial charge in [0.25, 0.3) is 0 Å². The molecule has 45 heavy (non-hydrogen) atoms. The molecular formula is C35H58N4O6. The Balaban J connectivity index is 2.06. The second kappa shape index (κ2) is 18.7. The molecule has 4 amide bonds. The molecule has 1 aromatic carbocycles. The summed E-state index contributed by atoms with van der Waals surface area (Å²) in [5.41, 5.74) is -0.289. The van der Waals surface area contributed by atoms with E-state index in [9.17, 15) is 19.2 Å². The van der Waals surface area contributed by atoms with E-state index in [4.69, 9.17) is 9.47 Å². The maximum Gasteiger partial charge on any atom is 0.407 e. The molecule has 1 aromatic rings. The Morgan fingerprint density at radius 3 is 2.04 bits per heavy atom. The third kappa shape index (κ3) is 16.1. The minimum absolute atomic E-state index is 0.0432. The highest BCUT2D eigenvalue weighted by Gasteiger charge is 2.30. The van der Waals surface area contributed by atoms with Crippen molar-refractivity contribution in [2.75, 3.05) is 19.7 Å². The van der Waals surface area contributed by atoms with Crippen LogP contribution >= 0.6 is 0 Å². The number of benzene rings is 1. The number of nitrogens with one attached hydrogen (secondary N) is 4. The number of ether oxygens (including phenoxy) is 2. The van der Waals surface area contributed by atoms with E-state index < -0.39 is 41.2 Å². The average Bonchev–Trinajstić information content (AvgIpc) is 2.97. The van der Waals surface area contributed by atoms with Crippen molar-refractivity contribution in [2.24, 2.45) is 5.92 Å². The number of amides is 4. The summed E-state index contributed by atoms with van der Waals surface area (Å²) in [5.74, 6) is -0.897. The van der Waals surface area contributed by atoms with Crippen LogP contribution in [0.15, 0.2) is 30.3 Å². The van der Waals surface area contributed by atoms with Gasteiger partial charge in [-0.15, -0.1) is 0 Å². The highest BCUT2D eigenvalue weighted by molar-refractivity contribution is 5.93. The molecule has 0 heterocycles. The molecule has 3 atom stereocenters. The highest BCUT2D eigenvalue weighted by atomic mass is 16.6. The molecule has 1 fully saturated rings. The summed E-state index contributed by atoms with van der Waals surface area (Å²) in [6, 6.07) is 7.57. The highest BCUT2D eigenvalue weighted by Crippen LogP contribution is 2.25. The van der Waals surface area contributed by atoms with E-state index in [0.717, 1.165) is 12.0 Å². The summed E-state index contributed by atoms with van der Waals surface area (Å²) in [7, 11) is 0. The van der Waals surface area contributed by atoms with Gasteiger partial charge in [0.2, 0.25) is 17.7 Å². The van der Waals surface area contributed by atoms with Gasteiger partial charge in [0.05, 0.1) is 18.1 Å². The molecule has 1 saturated carbocycles. The smallest absolute Gasteiger partial charge is 0.407 e. The van der Waals surface area contributed by atoms with E-state index in [2.05, 4.69) is 21.3 Å². The van der Waals surface area contributed by atoms with Crippen molar-refractivity contribution in [2.45, 2.75) is 135 Å². The number of hydrogen-bond donors (Lipinski definition) is 4. The zero-order chi connectivity index (χ0) is 33.5. The molecule has 10 heteroatoms. The molecule has 254 valence electrons. The molecule has 0 aliphatic heterocycles. The molecule has 0 saturated heterocycles. The molecule has 2 rings (SSSR count). The van der Waals surface area contributed by atoms with Crippen LogP contribution in [0.25, 0.3) is 0 Å². The average molecular weight is 631 g/mol. The third-order valence-corrected chi connectivity index (χ3v) is 7.81. The van der Waals surface area contributed by atoms with Gasteiger partial charge < -0.3 is 30.7 Å². The first kappa shape index (κ1) is 38.0. The van der Waals surface area contributed by atoms with Crippen molar-refractivity contribution in [3.05, 3.63) is 35.9 Å². The predicted molar refractivity (Wildman–Crippen MR) is 177 cm³/mol. The Bertz CT molecular complexity index is 1060. The van der Waals surface area contributed by atoms with Crippen LogP contribution in [0.1, 0.15) is 118 Å². The fourth-order valence-corrected chi connectivity index (χ4v) is 5.22. The van der Waals surface area contributed by atoms with Gasteiger partial charge in [0, 0.05) is 13.1 Å². The van der Waals surface area contributed by atoms with Crippen molar-refractivity contribution in [1.82, 2.24) is 21.3 Å². The zero-order valence-electron chi connectivity index (χ0n) is 28.6. The van der Waals surface area contributed by atoms with Crippen LogP contribution in [-0.4, -0.2) is 66.8 Å². The maximum atomic E-state index is 13.6. The minimum Gasteiger partial charge on any atom is -0.444 e. The molecule has 10 nitrogen and oxygen atoms in total. The lowest BCUT2D eigenvalue weighted by Gasteiger charge is -2.27. The predicted octanol–water partition coefficient (Wildman–Crippen LogP) is 5.36. The van der Waals surface area contributed by atoms with Gasteiger partial charge in [-0.05, 0) is 85.6 Å². The lowest BCUT2D eigenvalue weighted by Crippen LogP contribution is -2.56. The van der Waals surface area contributed by atoms with Crippen LogP contribution in [0.5, 0.6) is 0 Å². The number of carbonyl (C=O) groups excluding carboxylic acids is 4. The van der Waals surface area contributed by atoms with Gasteiger partial charge in [-0.2, -0.15) is 0 Å². The topological polar surface area (TPSA) is 135 Å². The monoisotopic (exact) mass is 630 g/mol. The van der Waals surface area contributed by atoms with Crippen molar-refractivity contribution in [1.29, 1.82) is 0 Å². The third-order valence-electron chi connectivity index (χ3n) is 7.81. The first-order chi connectivity index (χ1) is 21.1. The van der Waals surface area contributed by atoms with E-state index >= 15 is 0 Å². The van der Waals surface area contributed by atoms with Crippen molar-refractivity contribution < 1.29 is 28.7 Å². The van der Waals surface area contributed by atoms with Crippen molar-refractivity contribution in [3.63, 3.8) is 0 Å². The van der Waals surface area contributed by atoms with Crippen LogP contribution in [0, 0.1) is 5.92 Å². The van der Waals surface area contributed by atoms with Gasteiger partial charge in [-0.3, -0.25) is 14.4 Å². The summed E-state index contributed by atoms with van der Waals surface area (Å²) in [4.78, 5) is 52.2. The number of alkyl carbamates (subject to hydrolysis) is 1. The Labute approximate surface area is 270 Å². The summed E-state index contributed by atoms with van der Waals surface area (Å²) >= 11 is 0. The molecule has 0 spiro atoms. The molecule has 0 radical (unpaired) electrons. The lowest BCUT2D eigenvalue weighted by molar-refractivity contribution is -0.135. The van der Waals surface area contributed by atoms with Gasteiger partial charge in [0.1, 0.15) is 17.7 Å².